The molecule has 0 radical (unpaired) electrons. The van der Waals surface area contributed by atoms with Crippen molar-refractivity contribution >= 4 is 18.2 Å². The molecule has 0 aromatic heterocycles. The van der Waals surface area contributed by atoms with Crippen molar-refractivity contribution in [1.29, 1.82) is 0 Å². The number of aliphatic carboxylic acids is 1. The molecule has 1 atom stereocenters. The van der Waals surface area contributed by atoms with Crippen LogP contribution in [0.15, 0.2) is 24.3 Å². The maximum atomic E-state index is 9.98. The number of esters is 1. The number of ether oxygens (including phenoxy) is 1. The molecule has 0 fully saturated rings. The zero-order valence-electron chi connectivity index (χ0n) is 7.04. The van der Waals surface area contributed by atoms with Crippen LogP contribution in [0.3, 0.4) is 0 Å². The Hall–Kier alpha value is -1.95. The highest BCUT2D eigenvalue weighted by molar-refractivity contribution is 6.05. The highest BCUT2D eigenvalue weighted by Gasteiger charge is 2.10. The van der Waals surface area contributed by atoms with Crippen LogP contribution in [-0.2, 0) is 19.1 Å². The van der Waals surface area contributed by atoms with Crippen LogP contribution in [0.25, 0.3) is 0 Å². The van der Waals surface area contributed by atoms with Crippen LogP contribution in [-0.4, -0.2) is 34.7 Å². The SMILES string of the molecule is C=C(C=O)C(=O)O.O=C1C=CC(O)O1. The van der Waals surface area contributed by atoms with Gasteiger partial charge in [0.05, 0.1) is 5.57 Å². The van der Waals surface area contributed by atoms with Gasteiger partial charge in [-0.1, -0.05) is 6.58 Å². The molecule has 6 nitrogen and oxygen atoms in total. The minimum absolute atomic E-state index is 0.197. The molecule has 1 aliphatic rings. The summed E-state index contributed by atoms with van der Waals surface area (Å²) in [6, 6.07) is 0. The van der Waals surface area contributed by atoms with Crippen LogP contribution in [0.1, 0.15) is 0 Å². The van der Waals surface area contributed by atoms with Gasteiger partial charge in [-0.2, -0.15) is 0 Å². The van der Waals surface area contributed by atoms with E-state index in [4.69, 9.17) is 10.2 Å². The van der Waals surface area contributed by atoms with E-state index in [1.54, 1.807) is 0 Å². The zero-order valence-corrected chi connectivity index (χ0v) is 7.04. The highest BCUT2D eigenvalue weighted by Crippen LogP contribution is 1.98. The predicted octanol–water partition coefficient (Wildman–Crippen LogP) is -0.756. The molecule has 1 rings (SSSR count). The lowest BCUT2D eigenvalue weighted by molar-refractivity contribution is -0.150. The second-order valence-corrected chi connectivity index (χ2v) is 2.13. The Balaban J connectivity index is 0.000000241. The summed E-state index contributed by atoms with van der Waals surface area (Å²) < 4.78 is 4.17. The molecule has 0 saturated heterocycles. The minimum Gasteiger partial charge on any atom is -0.478 e. The van der Waals surface area contributed by atoms with E-state index in [1.807, 2.05) is 0 Å². The molecule has 1 aliphatic heterocycles. The van der Waals surface area contributed by atoms with E-state index in [1.165, 1.54) is 12.2 Å². The van der Waals surface area contributed by atoms with Gasteiger partial charge in [-0.15, -0.1) is 0 Å². The largest absolute Gasteiger partial charge is 0.478 e. The number of aliphatic hydroxyl groups is 1. The third kappa shape index (κ3) is 4.83. The Bertz CT molecular complexity index is 290. The second-order valence-electron chi connectivity index (χ2n) is 2.13. The van der Waals surface area contributed by atoms with E-state index in [9.17, 15) is 14.4 Å². The maximum Gasteiger partial charge on any atom is 0.338 e. The molecule has 6 heteroatoms. The molecule has 14 heavy (non-hydrogen) atoms. The van der Waals surface area contributed by atoms with E-state index in [0.29, 0.717) is 0 Å². The fourth-order valence-electron chi connectivity index (χ4n) is 0.409. The molecule has 0 aromatic rings. The fraction of sp³-hybridized carbons (Fsp3) is 0.125. The van der Waals surface area contributed by atoms with E-state index in [2.05, 4.69) is 11.3 Å². The number of hydrogen-bond donors (Lipinski definition) is 2. The van der Waals surface area contributed by atoms with Gasteiger partial charge in [0.15, 0.2) is 6.29 Å². The molecule has 1 unspecified atom stereocenters. The lowest BCUT2D eigenvalue weighted by Gasteiger charge is -1.94. The Kier molecular flexibility index (Phi) is 4.87. The van der Waals surface area contributed by atoms with Gasteiger partial charge in [-0.25, -0.2) is 9.59 Å². The molecule has 2 N–H and O–H groups in total. The Morgan fingerprint density at radius 1 is 1.64 bits per heavy atom. The van der Waals surface area contributed by atoms with E-state index >= 15 is 0 Å². The van der Waals surface area contributed by atoms with Crippen LogP contribution in [0, 0.1) is 0 Å². The first kappa shape index (κ1) is 12.0. The van der Waals surface area contributed by atoms with E-state index in [0.717, 1.165) is 0 Å². The van der Waals surface area contributed by atoms with Crippen molar-refractivity contribution < 1.29 is 29.3 Å². The van der Waals surface area contributed by atoms with Gasteiger partial charge in [-0.05, 0) is 6.08 Å². The molecule has 0 bridgehead atoms. The number of hydrogen-bond acceptors (Lipinski definition) is 5. The van der Waals surface area contributed by atoms with Crippen molar-refractivity contribution in [3.8, 4) is 0 Å². The molecule has 0 aliphatic carbocycles. The molecule has 0 spiro atoms. The van der Waals surface area contributed by atoms with Crippen LogP contribution >= 0.6 is 0 Å². The summed E-state index contributed by atoms with van der Waals surface area (Å²) in [5, 5.41) is 16.2. The highest BCUT2D eigenvalue weighted by atomic mass is 16.6. The lowest BCUT2D eigenvalue weighted by Crippen LogP contribution is -2.04. The topological polar surface area (TPSA) is 101 Å². The summed E-state index contributed by atoms with van der Waals surface area (Å²) in [6.45, 7) is 2.91. The summed E-state index contributed by atoms with van der Waals surface area (Å²) in [4.78, 5) is 29.0. The van der Waals surface area contributed by atoms with Crippen molar-refractivity contribution in [3.63, 3.8) is 0 Å². The standard InChI is InChI=1S/2C4H4O3/c5-3-1-2-4(6)7-3;1-3(2-5)4(6)7/h1-3,5H;2H,1H2,(H,6,7). The zero-order chi connectivity index (χ0) is 11.1. The number of aliphatic hydroxyl groups excluding tert-OH is 1. The first-order valence-electron chi connectivity index (χ1n) is 3.41. The number of cyclic esters (lactones) is 1. The first-order chi connectivity index (χ1) is 6.47. The van der Waals surface area contributed by atoms with Gasteiger partial charge in [0.25, 0.3) is 0 Å². The number of carbonyl (C=O) groups is 3. The summed E-state index contributed by atoms with van der Waals surface area (Å²) in [7, 11) is 0. The lowest BCUT2D eigenvalue weighted by atomic mass is 10.4. The quantitative estimate of drug-likeness (QED) is 0.200. The Morgan fingerprint density at radius 3 is 2.29 bits per heavy atom. The van der Waals surface area contributed by atoms with Gasteiger partial charge in [0, 0.05) is 6.08 Å². The minimum atomic E-state index is -1.27. The molecule has 0 aromatic carbocycles. The first-order valence-corrected chi connectivity index (χ1v) is 3.41. The summed E-state index contributed by atoms with van der Waals surface area (Å²) in [5.74, 6) is -1.75. The fourth-order valence-corrected chi connectivity index (χ4v) is 0.409. The predicted molar refractivity (Wildman–Crippen MR) is 44.1 cm³/mol. The monoisotopic (exact) mass is 200 g/mol. The maximum absolute atomic E-state index is 9.98. The molecule has 76 valence electrons. The summed E-state index contributed by atoms with van der Waals surface area (Å²) in [6.07, 6.45) is 1.66. The van der Waals surface area contributed by atoms with Crippen molar-refractivity contribution in [2.45, 2.75) is 6.29 Å². The van der Waals surface area contributed by atoms with Crippen molar-refractivity contribution in [1.82, 2.24) is 0 Å². The smallest absolute Gasteiger partial charge is 0.338 e. The number of carboxylic acids is 1. The average Bonchev–Trinajstić information content (AvgIpc) is 2.49. The normalized spacial score (nSPS) is 17.8. The van der Waals surface area contributed by atoms with Crippen LogP contribution in [0.4, 0.5) is 0 Å². The third-order valence-corrected chi connectivity index (χ3v) is 1.05. The molecule has 0 amide bonds. The molecular formula is C8H8O6. The molecule has 0 saturated carbocycles. The van der Waals surface area contributed by atoms with Gasteiger partial charge in [0.1, 0.15) is 0 Å². The third-order valence-electron chi connectivity index (χ3n) is 1.05. The number of carbonyl (C=O) groups excluding carboxylic acids is 2. The van der Waals surface area contributed by atoms with Crippen molar-refractivity contribution in [3.05, 3.63) is 24.3 Å². The van der Waals surface area contributed by atoms with Crippen LogP contribution < -0.4 is 0 Å². The van der Waals surface area contributed by atoms with Crippen molar-refractivity contribution in [2.24, 2.45) is 0 Å². The van der Waals surface area contributed by atoms with Crippen molar-refractivity contribution in [2.75, 3.05) is 0 Å². The number of aldehydes is 1. The van der Waals surface area contributed by atoms with Crippen LogP contribution in [0.5, 0.6) is 0 Å². The van der Waals surface area contributed by atoms with Gasteiger partial charge in [0.2, 0.25) is 6.29 Å². The van der Waals surface area contributed by atoms with Gasteiger partial charge >= 0.3 is 11.9 Å². The van der Waals surface area contributed by atoms with Crippen LogP contribution in [0.2, 0.25) is 0 Å². The van der Waals surface area contributed by atoms with E-state index < -0.39 is 23.8 Å². The summed E-state index contributed by atoms with van der Waals surface area (Å²) in [5.41, 5.74) is -0.417. The summed E-state index contributed by atoms with van der Waals surface area (Å²) >= 11 is 0. The average molecular weight is 200 g/mol. The van der Waals surface area contributed by atoms with Gasteiger partial charge in [-0.3, -0.25) is 4.79 Å². The van der Waals surface area contributed by atoms with Gasteiger partial charge < -0.3 is 14.9 Å². The second kappa shape index (κ2) is 5.65. The Labute approximate surface area is 79.1 Å². The Morgan fingerprint density at radius 2 is 2.21 bits per heavy atom. The van der Waals surface area contributed by atoms with E-state index in [-0.39, 0.29) is 6.29 Å². The molecular weight excluding hydrogens is 192 g/mol. The number of carboxylic acid groups (broad SMARTS) is 1. The molecule has 1 heterocycles. The number of rotatable bonds is 2.